The molecule has 2 amide bonds. The molecule has 0 N–H and O–H groups in total. The summed E-state index contributed by atoms with van der Waals surface area (Å²) in [6.07, 6.45) is 0.792. The monoisotopic (exact) mass is 452 g/mol. The number of benzene rings is 2. The highest BCUT2D eigenvalue weighted by atomic mass is 35.5. The molecule has 0 spiro atoms. The SMILES string of the molecule is CN1Cc2c(nc(Oc3ccc(C(C)(C)C)cc3)n2CCc2ccc(Cl)cc2)N(C)C1=O. The van der Waals surface area contributed by atoms with Crippen molar-refractivity contribution in [1.82, 2.24) is 14.5 Å². The van der Waals surface area contributed by atoms with Crippen LogP contribution in [0.25, 0.3) is 0 Å². The van der Waals surface area contributed by atoms with Crippen molar-refractivity contribution in [3.63, 3.8) is 0 Å². The van der Waals surface area contributed by atoms with Gasteiger partial charge in [-0.2, -0.15) is 4.98 Å². The number of fused-ring (bicyclic) bond motifs is 1. The van der Waals surface area contributed by atoms with Gasteiger partial charge in [0.2, 0.25) is 0 Å². The van der Waals surface area contributed by atoms with Gasteiger partial charge < -0.3 is 9.64 Å². The van der Waals surface area contributed by atoms with Gasteiger partial charge in [-0.05, 0) is 47.2 Å². The van der Waals surface area contributed by atoms with E-state index in [9.17, 15) is 4.79 Å². The second-order valence-electron chi connectivity index (χ2n) is 9.27. The number of halogens is 1. The van der Waals surface area contributed by atoms with Crippen LogP contribution in [0.5, 0.6) is 11.8 Å². The quantitative estimate of drug-likeness (QED) is 0.486. The number of hydrogen-bond acceptors (Lipinski definition) is 3. The molecular weight excluding hydrogens is 424 g/mol. The first kappa shape index (κ1) is 22.2. The summed E-state index contributed by atoms with van der Waals surface area (Å²) >= 11 is 6.03. The number of anilines is 1. The first-order chi connectivity index (χ1) is 15.1. The van der Waals surface area contributed by atoms with Crippen LogP contribution in [0.3, 0.4) is 0 Å². The van der Waals surface area contributed by atoms with Crippen molar-refractivity contribution in [3.05, 3.63) is 70.4 Å². The van der Waals surface area contributed by atoms with Gasteiger partial charge in [0.25, 0.3) is 0 Å². The number of aryl methyl sites for hydroxylation is 1. The molecule has 6 nitrogen and oxygen atoms in total. The van der Waals surface area contributed by atoms with Crippen LogP contribution in [0.2, 0.25) is 5.02 Å². The minimum absolute atomic E-state index is 0.0718. The summed E-state index contributed by atoms with van der Waals surface area (Å²) < 4.78 is 8.30. The summed E-state index contributed by atoms with van der Waals surface area (Å²) in [5.74, 6) is 1.36. The molecule has 0 saturated carbocycles. The number of ether oxygens (including phenoxy) is 1. The number of urea groups is 1. The standard InChI is InChI=1S/C25H29ClN4O2/c1-25(2,3)18-8-12-20(13-9-18)32-23-27-22-21(16-28(4)24(31)29(22)5)30(23)15-14-17-6-10-19(26)11-7-17/h6-13H,14-16H2,1-5H3. The Kier molecular flexibility index (Phi) is 5.91. The fraction of sp³-hybridized carbons (Fsp3) is 0.360. The van der Waals surface area contributed by atoms with Crippen molar-refractivity contribution in [2.75, 3.05) is 19.0 Å². The second-order valence-corrected chi connectivity index (χ2v) is 9.70. The summed E-state index contributed by atoms with van der Waals surface area (Å²) in [4.78, 5) is 20.4. The molecule has 3 aromatic rings. The Bertz CT molecular complexity index is 1110. The van der Waals surface area contributed by atoms with Gasteiger partial charge in [0.15, 0.2) is 5.82 Å². The smallest absolute Gasteiger partial charge is 0.325 e. The van der Waals surface area contributed by atoms with E-state index in [2.05, 4.69) is 37.5 Å². The van der Waals surface area contributed by atoms with Gasteiger partial charge in [0.1, 0.15) is 5.75 Å². The lowest BCUT2D eigenvalue weighted by Gasteiger charge is -2.30. The van der Waals surface area contributed by atoms with Gasteiger partial charge in [0, 0.05) is 25.7 Å². The van der Waals surface area contributed by atoms with E-state index >= 15 is 0 Å². The number of carbonyl (C=O) groups is 1. The summed E-state index contributed by atoms with van der Waals surface area (Å²) in [6, 6.07) is 16.4. The summed E-state index contributed by atoms with van der Waals surface area (Å²) in [6.45, 7) is 7.71. The predicted octanol–water partition coefficient (Wildman–Crippen LogP) is 5.87. The van der Waals surface area contributed by atoms with Crippen LogP contribution in [-0.4, -0.2) is 34.6 Å². The number of rotatable bonds is 5. The molecule has 0 aliphatic carbocycles. The van der Waals surface area contributed by atoms with Gasteiger partial charge >= 0.3 is 12.0 Å². The molecule has 1 aliphatic rings. The van der Waals surface area contributed by atoms with E-state index in [0.717, 1.165) is 22.9 Å². The van der Waals surface area contributed by atoms with Crippen molar-refractivity contribution >= 4 is 23.4 Å². The molecule has 7 heteroatoms. The summed E-state index contributed by atoms with van der Waals surface area (Å²) in [5, 5.41) is 0.721. The Labute approximate surface area is 194 Å². The third-order valence-electron chi connectivity index (χ3n) is 5.80. The lowest BCUT2D eigenvalue weighted by atomic mass is 9.87. The molecule has 32 heavy (non-hydrogen) atoms. The number of imidazole rings is 1. The predicted molar refractivity (Wildman–Crippen MR) is 128 cm³/mol. The minimum Gasteiger partial charge on any atom is -0.425 e. The van der Waals surface area contributed by atoms with Gasteiger partial charge in [0.05, 0.1) is 12.2 Å². The number of hydrogen-bond donors (Lipinski definition) is 0. The van der Waals surface area contributed by atoms with Crippen molar-refractivity contribution in [2.24, 2.45) is 0 Å². The lowest BCUT2D eigenvalue weighted by Crippen LogP contribution is -2.43. The van der Waals surface area contributed by atoms with Crippen LogP contribution in [0.4, 0.5) is 10.6 Å². The fourth-order valence-electron chi connectivity index (χ4n) is 3.84. The first-order valence-electron chi connectivity index (χ1n) is 10.7. The maximum Gasteiger partial charge on any atom is 0.325 e. The zero-order chi connectivity index (χ0) is 23.0. The highest BCUT2D eigenvalue weighted by molar-refractivity contribution is 6.30. The highest BCUT2D eigenvalue weighted by Gasteiger charge is 2.32. The van der Waals surface area contributed by atoms with Gasteiger partial charge in [-0.25, -0.2) is 4.79 Å². The third-order valence-corrected chi connectivity index (χ3v) is 6.05. The zero-order valence-corrected chi connectivity index (χ0v) is 20.0. The molecule has 168 valence electrons. The van der Waals surface area contributed by atoms with Crippen molar-refractivity contribution < 1.29 is 9.53 Å². The molecule has 0 unspecified atom stereocenters. The Hall–Kier alpha value is -2.99. The number of aromatic nitrogens is 2. The Morgan fingerprint density at radius 1 is 1.03 bits per heavy atom. The molecule has 0 fully saturated rings. The van der Waals surface area contributed by atoms with Gasteiger partial charge in [-0.1, -0.05) is 56.6 Å². The summed E-state index contributed by atoms with van der Waals surface area (Å²) in [7, 11) is 3.54. The van der Waals surface area contributed by atoms with Crippen molar-refractivity contribution in [1.29, 1.82) is 0 Å². The van der Waals surface area contributed by atoms with Crippen LogP contribution in [0.15, 0.2) is 48.5 Å². The average Bonchev–Trinajstić information content (AvgIpc) is 3.08. The zero-order valence-electron chi connectivity index (χ0n) is 19.2. The number of carbonyl (C=O) groups excluding carboxylic acids is 1. The molecule has 1 aliphatic heterocycles. The molecule has 0 saturated heterocycles. The van der Waals surface area contributed by atoms with Crippen LogP contribution >= 0.6 is 11.6 Å². The van der Waals surface area contributed by atoms with Crippen LogP contribution in [-0.2, 0) is 24.9 Å². The Morgan fingerprint density at radius 3 is 2.31 bits per heavy atom. The average molecular weight is 453 g/mol. The van der Waals surface area contributed by atoms with Crippen LogP contribution in [0, 0.1) is 0 Å². The van der Waals surface area contributed by atoms with E-state index in [1.165, 1.54) is 11.1 Å². The van der Waals surface area contributed by atoms with E-state index in [1.54, 1.807) is 23.9 Å². The molecule has 4 rings (SSSR count). The molecule has 0 bridgehead atoms. The first-order valence-corrected chi connectivity index (χ1v) is 11.1. The van der Waals surface area contributed by atoms with E-state index in [-0.39, 0.29) is 11.4 Å². The topological polar surface area (TPSA) is 50.6 Å². The molecule has 2 aromatic carbocycles. The molecule has 1 aromatic heterocycles. The van der Waals surface area contributed by atoms with Crippen LogP contribution < -0.4 is 9.64 Å². The maximum atomic E-state index is 12.5. The van der Waals surface area contributed by atoms with E-state index < -0.39 is 0 Å². The highest BCUT2D eigenvalue weighted by Crippen LogP contribution is 2.34. The maximum absolute atomic E-state index is 12.5. The minimum atomic E-state index is -0.0825. The molecule has 2 heterocycles. The van der Waals surface area contributed by atoms with E-state index in [1.807, 2.05) is 36.4 Å². The summed E-state index contributed by atoms with van der Waals surface area (Å²) in [5.41, 5.74) is 3.44. The van der Waals surface area contributed by atoms with E-state index in [0.29, 0.717) is 24.9 Å². The normalized spacial score (nSPS) is 14.0. The second kappa shape index (κ2) is 8.51. The molecule has 0 atom stereocenters. The molecule has 0 radical (unpaired) electrons. The van der Waals surface area contributed by atoms with Crippen molar-refractivity contribution in [3.8, 4) is 11.8 Å². The van der Waals surface area contributed by atoms with E-state index in [4.69, 9.17) is 21.3 Å². The lowest BCUT2D eigenvalue weighted by molar-refractivity contribution is 0.210. The van der Waals surface area contributed by atoms with Gasteiger partial charge in [-0.3, -0.25) is 9.47 Å². The fourth-order valence-corrected chi connectivity index (χ4v) is 3.97. The van der Waals surface area contributed by atoms with Gasteiger partial charge in [-0.15, -0.1) is 0 Å². The Morgan fingerprint density at radius 2 is 1.69 bits per heavy atom. The Balaban J connectivity index is 1.66. The van der Waals surface area contributed by atoms with Crippen molar-refractivity contribution in [2.45, 2.75) is 45.7 Å². The largest absolute Gasteiger partial charge is 0.425 e. The third kappa shape index (κ3) is 4.46. The van der Waals surface area contributed by atoms with Crippen LogP contribution in [0.1, 0.15) is 37.6 Å². The molecular formula is C25H29ClN4O2. The number of nitrogens with zero attached hydrogens (tertiary/aromatic N) is 4. The number of amides is 2.